The molecule has 0 radical (unpaired) electrons. The van der Waals surface area contributed by atoms with E-state index >= 15 is 0 Å². The molecule has 2 aromatic heterocycles. The summed E-state index contributed by atoms with van der Waals surface area (Å²) in [4.78, 5) is 48.6. The number of fused-ring (bicyclic) bond motifs is 10. The molecule has 40 heavy (non-hydrogen) atoms. The van der Waals surface area contributed by atoms with E-state index in [0.717, 1.165) is 54.6 Å². The molecule has 0 saturated carbocycles. The topological polar surface area (TPSA) is 88.3 Å². The normalized spacial score (nSPS) is 58.1. The third-order valence-electron chi connectivity index (χ3n) is 19.1. The van der Waals surface area contributed by atoms with Gasteiger partial charge in [0.15, 0.2) is 0 Å². The van der Waals surface area contributed by atoms with Gasteiger partial charge in [0.25, 0.3) is 0 Å². The molecule has 12 heterocycles. The van der Waals surface area contributed by atoms with Gasteiger partial charge in [-0.15, -0.1) is 0 Å². The van der Waals surface area contributed by atoms with Crippen LogP contribution in [0.25, 0.3) is 11.3 Å². The van der Waals surface area contributed by atoms with Crippen LogP contribution >= 0.6 is 11.3 Å². The van der Waals surface area contributed by atoms with Crippen molar-refractivity contribution in [3.05, 3.63) is 52.9 Å². The van der Waals surface area contributed by atoms with E-state index in [4.69, 9.17) is 10.8 Å². The Kier molecular flexibility index (Phi) is 1.52. The van der Waals surface area contributed by atoms with Crippen molar-refractivity contribution >= 4 is 28.8 Å². The molecule has 204 valence electrons. The number of rotatable bonds is 6. The van der Waals surface area contributed by atoms with Gasteiger partial charge >= 0.3 is 226 Å². The first kappa shape index (κ1) is 20.0. The number of anilines is 1. The molecule has 10 aliphatic rings. The number of nitrogens with one attached hydrogen (secondary N) is 1. The second-order valence-corrected chi connectivity index (χ2v) is 41.6. The number of carbonyl (C=O) groups excluding carboxylic acids is 2. The molecule has 0 bridgehead atoms. The monoisotopic (exact) mass is 592 g/mol. The van der Waals surface area contributed by atoms with E-state index in [2.05, 4.69) is 21.2 Å². The van der Waals surface area contributed by atoms with Gasteiger partial charge in [-0.3, -0.25) is 0 Å². The van der Waals surface area contributed by atoms with Gasteiger partial charge < -0.3 is 0 Å². The number of amides is 2. The molecule has 7 nitrogen and oxygen atoms in total. The molecule has 10 fully saturated rings. The van der Waals surface area contributed by atoms with Gasteiger partial charge in [0.1, 0.15) is 0 Å². The van der Waals surface area contributed by atoms with Crippen molar-refractivity contribution in [2.75, 3.05) is 4.90 Å². The van der Waals surface area contributed by atoms with Crippen LogP contribution in [0.5, 0.6) is 0 Å². The van der Waals surface area contributed by atoms with Crippen LogP contribution in [0.4, 0.5) is 5.69 Å². The summed E-state index contributed by atoms with van der Waals surface area (Å²) >= 11 is 1.30. The minimum atomic E-state index is -3.88. The number of nitrogens with zero attached hydrogens (tertiary/aromatic N) is 3. The van der Waals surface area contributed by atoms with Crippen LogP contribution < -0.4 is 10.2 Å². The minimum absolute atomic E-state index is 0.0283. The molecule has 10 saturated heterocycles. The predicted octanol–water partition coefficient (Wildman–Crippen LogP) is 6.47. The van der Waals surface area contributed by atoms with Crippen LogP contribution in [0.2, 0.25) is 47.7 Å². The summed E-state index contributed by atoms with van der Waals surface area (Å²) in [7, 11) is 0. The Bertz CT molecular complexity index is 2160. The molecule has 5 atom stereocenters. The Morgan fingerprint density at radius 2 is 1.75 bits per heavy atom. The first-order chi connectivity index (χ1) is 18.9. The molecule has 13 rings (SSSR count). The van der Waals surface area contributed by atoms with Gasteiger partial charge in [0.2, 0.25) is 0 Å². The molecule has 0 aliphatic carbocycles. The molecule has 10 aliphatic heterocycles. The maximum absolute atomic E-state index is 14.7. The number of thiazole rings is 1. The van der Waals surface area contributed by atoms with E-state index in [9.17, 15) is 9.59 Å². The second-order valence-electron chi connectivity index (χ2n) is 17.1. The number of carbonyl (C=O) groups is 2. The van der Waals surface area contributed by atoms with Gasteiger partial charge in [-0.05, 0) is 0 Å². The van der Waals surface area contributed by atoms with Crippen molar-refractivity contribution in [1.82, 2.24) is 15.3 Å². The number of oxazole rings is 1. The molecule has 1 aromatic carbocycles. The summed E-state index contributed by atoms with van der Waals surface area (Å²) < 4.78 is 5.63. The number of benzene rings is 1. The molecule has 1 N–H and O–H groups in total. The summed E-state index contributed by atoms with van der Waals surface area (Å²) in [5, 5.41) is 5.61. The summed E-state index contributed by atoms with van der Waals surface area (Å²) in [6.07, 6.45) is 8.74. The second kappa shape index (κ2) is 3.03. The average molecular weight is 593 g/mol. The zero-order valence-electron chi connectivity index (χ0n) is 22.2. The predicted molar refractivity (Wildman–Crippen MR) is 147 cm³/mol. The van der Waals surface area contributed by atoms with Crippen molar-refractivity contribution in [3.63, 3.8) is 0 Å². The zero-order chi connectivity index (χ0) is 26.9. The quantitative estimate of drug-likeness (QED) is 0.262. The Hall–Kier alpha value is -2.92. The van der Waals surface area contributed by atoms with Gasteiger partial charge in [0, 0.05) is 0 Å². The van der Waals surface area contributed by atoms with Crippen molar-refractivity contribution in [3.8, 4) is 23.7 Å². The standard InChI is InChI=1S/C26H23N4O3S.C5H5.Fe/c1-5-22-28-20(15-34-22)25(32)30(19-12-10-17(11-13-19)21-14-27-16-33-21)23(18-8-6-7-9-18)24(31)29-26(2,3)4;1-2-4-5-3-1;/h1,6-16,23H,2-4H3,(H,29,31);1-5H;. The van der Waals surface area contributed by atoms with Gasteiger partial charge in [0.05, 0.1) is 0 Å². The third-order valence-corrected chi connectivity index (χ3v) is 62.5. The van der Waals surface area contributed by atoms with Crippen LogP contribution in [0.3, 0.4) is 0 Å². The van der Waals surface area contributed by atoms with Crippen LogP contribution in [-0.4, -0.2) is 33.4 Å². The number of aromatic nitrogens is 2. The zero-order valence-corrected chi connectivity index (χ0v) is 24.1. The Morgan fingerprint density at radius 3 is 2.20 bits per heavy atom. The fourth-order valence-corrected chi connectivity index (χ4v) is 95.5. The summed E-state index contributed by atoms with van der Waals surface area (Å²) in [6, 6.07) is 7.38. The van der Waals surface area contributed by atoms with E-state index in [1.54, 1.807) is 11.6 Å². The number of hydrogen-bond donors (Lipinski definition) is 1. The first-order valence-electron chi connectivity index (χ1n) is 14.2. The van der Waals surface area contributed by atoms with Crippen LogP contribution in [0.1, 0.15) is 36.3 Å². The van der Waals surface area contributed by atoms with Crippen molar-refractivity contribution in [1.29, 1.82) is 0 Å². The van der Waals surface area contributed by atoms with Crippen molar-refractivity contribution in [2.24, 2.45) is 0 Å². The molecule has 5 unspecified atom stereocenters. The van der Waals surface area contributed by atoms with Gasteiger partial charge in [-0.1, -0.05) is 0 Å². The Balaban J connectivity index is 1.04. The van der Waals surface area contributed by atoms with Crippen molar-refractivity contribution in [2.45, 2.75) is 80.0 Å². The van der Waals surface area contributed by atoms with Gasteiger partial charge in [-0.2, -0.15) is 0 Å². The van der Waals surface area contributed by atoms with E-state index < -0.39 is 18.1 Å². The van der Waals surface area contributed by atoms with E-state index in [1.807, 2.05) is 49.9 Å². The Morgan fingerprint density at radius 1 is 1.10 bits per heavy atom. The molecule has 3 aromatic rings. The molecular weight excluding hydrogens is 564 g/mol. The van der Waals surface area contributed by atoms with Crippen LogP contribution in [0, 0.1) is 12.3 Å². The summed E-state index contributed by atoms with van der Waals surface area (Å²) in [6.45, 7) is 2.24. The summed E-state index contributed by atoms with van der Waals surface area (Å²) in [5.74, 6) is 3.06. The number of hydrogen-bond acceptors (Lipinski definition) is 6. The van der Waals surface area contributed by atoms with Crippen LogP contribution in [-0.2, 0) is 11.3 Å². The average Bonchev–Trinajstić information content (AvgIpc) is 3.75. The number of terminal acetylenes is 1. The third kappa shape index (κ3) is 0.546. The van der Waals surface area contributed by atoms with Crippen molar-refractivity contribution < 1.29 is 20.5 Å². The summed E-state index contributed by atoms with van der Waals surface area (Å²) in [5.41, 5.74) is 1.56. The Labute approximate surface area is 225 Å². The molecule has 2 amide bonds. The molecule has 1 spiro atoms. The fraction of sp³-hybridized carbons (Fsp3) is 0.484. The van der Waals surface area contributed by atoms with Gasteiger partial charge in [-0.25, -0.2) is 0 Å². The maximum atomic E-state index is 14.7. The molecular formula is C31H28FeN4O3S. The fourth-order valence-electron chi connectivity index (χ4n) is 20.2. The molecule has 9 heteroatoms. The first-order valence-corrected chi connectivity index (χ1v) is 21.4. The van der Waals surface area contributed by atoms with E-state index in [1.165, 1.54) is 17.7 Å². The van der Waals surface area contributed by atoms with E-state index in [-0.39, 0.29) is 16.1 Å². The van der Waals surface area contributed by atoms with Crippen LogP contribution in [0.15, 0.2) is 46.7 Å². The SMILES string of the molecule is C#Cc1nc(C(=O)N(c2ccc(-c3cnco3)cc2)C(C(=O)NC(C)(C)C)[C]23[CH]4[CH]5[CH]6[CH]2[Fe]56432789[CH]3[CH]2[CH]7[CH]8[CH]39)cs1. The van der Waals surface area contributed by atoms with E-state index in [0.29, 0.717) is 16.5 Å².